The van der Waals surface area contributed by atoms with Gasteiger partial charge in [0.05, 0.1) is 6.26 Å². The highest BCUT2D eigenvalue weighted by Crippen LogP contribution is 1.91. The molecule has 0 radical (unpaired) electrons. The molecule has 0 aliphatic heterocycles. The lowest BCUT2D eigenvalue weighted by Gasteiger charge is -1.93. The molecule has 0 amide bonds. The Hall–Kier alpha value is 0.350. The van der Waals surface area contributed by atoms with Crippen LogP contribution >= 0.6 is 0 Å². The van der Waals surface area contributed by atoms with Gasteiger partial charge in [-0.3, -0.25) is 0 Å². The van der Waals surface area contributed by atoms with Crippen molar-refractivity contribution in [2.45, 2.75) is 20.3 Å². The monoisotopic (exact) mass is 119 g/mol. The van der Waals surface area contributed by atoms with E-state index in [2.05, 4.69) is 20.1 Å². The van der Waals surface area contributed by atoms with Gasteiger partial charge in [-0.25, -0.2) is 0 Å². The molecule has 0 N–H and O–H groups in total. The van der Waals surface area contributed by atoms with Crippen molar-refractivity contribution in [3.8, 4) is 0 Å². The Morgan fingerprint density at radius 3 is 2.00 bits per heavy atom. The molecule has 1 unspecified atom stereocenters. The zero-order chi connectivity index (χ0) is 5.70. The smallest absolute Gasteiger partial charge is 0.0609 e. The summed E-state index contributed by atoms with van der Waals surface area (Å²) >= 11 is 0. The molecule has 0 aliphatic carbocycles. The first kappa shape index (κ1) is 7.35. The van der Waals surface area contributed by atoms with Crippen LogP contribution in [0.3, 0.4) is 0 Å². The molecule has 7 heavy (non-hydrogen) atoms. The molecule has 0 aliphatic rings. The van der Waals surface area contributed by atoms with Crippen LogP contribution in [0.5, 0.6) is 0 Å². The van der Waals surface area contributed by atoms with Crippen LogP contribution in [0, 0.1) is 0 Å². The summed E-state index contributed by atoms with van der Waals surface area (Å²) in [4.78, 5) is 0. The Morgan fingerprint density at radius 1 is 1.29 bits per heavy atom. The number of hydrogen-bond acceptors (Lipinski definition) is 0. The van der Waals surface area contributed by atoms with Crippen molar-refractivity contribution in [3.63, 3.8) is 0 Å². The van der Waals surface area contributed by atoms with Crippen molar-refractivity contribution >= 4 is 10.9 Å². The number of hydrogen-bond donors (Lipinski definition) is 0. The van der Waals surface area contributed by atoms with Crippen molar-refractivity contribution in [3.05, 3.63) is 0 Å². The van der Waals surface area contributed by atoms with E-state index >= 15 is 0 Å². The van der Waals surface area contributed by atoms with E-state index in [1.165, 1.54) is 17.9 Å². The maximum atomic E-state index is 2.34. The van der Waals surface area contributed by atoms with Gasteiger partial charge >= 0.3 is 0 Å². The van der Waals surface area contributed by atoms with Crippen LogP contribution in [0.15, 0.2) is 0 Å². The second kappa shape index (κ2) is 4.51. The van der Waals surface area contributed by atoms with Gasteiger partial charge in [0.2, 0.25) is 0 Å². The fourth-order valence-corrected chi connectivity index (χ4v) is 1.48. The highest BCUT2D eigenvalue weighted by molar-refractivity contribution is 7.96. The van der Waals surface area contributed by atoms with Gasteiger partial charge in [-0.05, 0) is 24.2 Å². The summed E-state index contributed by atoms with van der Waals surface area (Å²) in [6, 6.07) is 0. The van der Waals surface area contributed by atoms with Crippen LogP contribution in [0.1, 0.15) is 20.3 Å². The Balaban J connectivity index is 2.83. The van der Waals surface area contributed by atoms with Crippen molar-refractivity contribution in [1.29, 1.82) is 0 Å². The largest absolute Gasteiger partial charge is 0.107 e. The summed E-state index contributed by atoms with van der Waals surface area (Å²) in [5.74, 6) is 2.80. The molecule has 0 nitrogen and oxygen atoms in total. The normalized spacial score (nSPS) is 14.1. The molecule has 0 heterocycles. The van der Waals surface area contributed by atoms with E-state index in [-0.39, 0.29) is 0 Å². The van der Waals surface area contributed by atoms with E-state index in [1.807, 2.05) is 0 Å². The lowest BCUT2D eigenvalue weighted by atomic mass is 10.6. The summed E-state index contributed by atoms with van der Waals surface area (Å²) in [5, 5.41) is 0. The van der Waals surface area contributed by atoms with Crippen LogP contribution in [-0.4, -0.2) is 17.8 Å². The minimum absolute atomic E-state index is 0.723. The molecule has 0 bridgehead atoms. The maximum absolute atomic E-state index is 2.34. The van der Waals surface area contributed by atoms with Crippen molar-refractivity contribution in [2.24, 2.45) is 0 Å². The van der Waals surface area contributed by atoms with Gasteiger partial charge in [0.15, 0.2) is 0 Å². The fraction of sp³-hybridized carbons (Fsp3) is 1.00. The SMILES string of the molecule is CCC[S+](C)CC. The van der Waals surface area contributed by atoms with E-state index < -0.39 is 0 Å². The average Bonchev–Trinajstić information content (AvgIpc) is 1.68. The molecule has 0 saturated carbocycles. The second-order valence-electron chi connectivity index (χ2n) is 1.77. The third kappa shape index (κ3) is 4.20. The van der Waals surface area contributed by atoms with E-state index in [0.29, 0.717) is 0 Å². The highest BCUT2D eigenvalue weighted by atomic mass is 32.2. The molecule has 0 aromatic heterocycles. The lowest BCUT2D eigenvalue weighted by Crippen LogP contribution is -2.05. The molecule has 44 valence electrons. The summed E-state index contributed by atoms with van der Waals surface area (Å²) in [6.07, 6.45) is 3.69. The minimum atomic E-state index is 0.723. The van der Waals surface area contributed by atoms with Crippen LogP contribution in [0.25, 0.3) is 0 Å². The van der Waals surface area contributed by atoms with Gasteiger partial charge in [-0.15, -0.1) is 0 Å². The third-order valence-electron chi connectivity index (χ3n) is 1.05. The molecule has 0 spiro atoms. The quantitative estimate of drug-likeness (QED) is 0.496. The van der Waals surface area contributed by atoms with Crippen LogP contribution < -0.4 is 0 Å². The highest BCUT2D eigenvalue weighted by Gasteiger charge is 2.01. The van der Waals surface area contributed by atoms with Gasteiger partial charge in [0.25, 0.3) is 0 Å². The molecule has 0 saturated heterocycles. The lowest BCUT2D eigenvalue weighted by molar-refractivity contribution is 1.10. The third-order valence-corrected chi connectivity index (χ3v) is 3.14. The van der Waals surface area contributed by atoms with Crippen LogP contribution in [-0.2, 0) is 10.9 Å². The van der Waals surface area contributed by atoms with Gasteiger partial charge in [-0.2, -0.15) is 0 Å². The average molecular weight is 119 g/mol. The first-order valence-electron chi connectivity index (χ1n) is 2.90. The first-order chi connectivity index (χ1) is 3.31. The van der Waals surface area contributed by atoms with Crippen LogP contribution in [0.4, 0.5) is 0 Å². The molecule has 1 atom stereocenters. The zero-order valence-corrected chi connectivity index (χ0v) is 6.35. The number of rotatable bonds is 3. The second-order valence-corrected chi connectivity index (χ2v) is 4.32. The minimum Gasteiger partial charge on any atom is -0.0609 e. The zero-order valence-electron chi connectivity index (χ0n) is 5.53. The Morgan fingerprint density at radius 2 is 1.86 bits per heavy atom. The Bertz CT molecular complexity index is 35.2. The summed E-state index contributed by atoms with van der Waals surface area (Å²) in [6.45, 7) is 4.51. The van der Waals surface area contributed by atoms with E-state index in [4.69, 9.17) is 0 Å². The topological polar surface area (TPSA) is 0 Å². The maximum Gasteiger partial charge on any atom is 0.107 e. The van der Waals surface area contributed by atoms with Gasteiger partial charge in [-0.1, -0.05) is 6.92 Å². The molecule has 0 rings (SSSR count). The van der Waals surface area contributed by atoms with Gasteiger partial charge in [0, 0.05) is 0 Å². The molecule has 0 aromatic rings. The predicted molar refractivity (Wildman–Crippen MR) is 39.0 cm³/mol. The van der Waals surface area contributed by atoms with Crippen molar-refractivity contribution in [1.82, 2.24) is 0 Å². The molecule has 0 fully saturated rings. The standard InChI is InChI=1S/C6H15S/c1-4-6-7(3)5-2/h4-6H2,1-3H3/q+1. The molecule has 0 aromatic carbocycles. The Kier molecular flexibility index (Phi) is 4.73. The molecular formula is C6H15S+. The first-order valence-corrected chi connectivity index (χ1v) is 4.87. The predicted octanol–water partition coefficient (Wildman–Crippen LogP) is 1.66. The summed E-state index contributed by atoms with van der Waals surface area (Å²) in [7, 11) is 0.723. The summed E-state index contributed by atoms with van der Waals surface area (Å²) < 4.78 is 0. The molecular weight excluding hydrogens is 104 g/mol. The van der Waals surface area contributed by atoms with E-state index in [1.54, 1.807) is 0 Å². The molecule has 1 heteroatoms. The van der Waals surface area contributed by atoms with Crippen molar-refractivity contribution < 1.29 is 0 Å². The van der Waals surface area contributed by atoms with Crippen LogP contribution in [0.2, 0.25) is 0 Å². The van der Waals surface area contributed by atoms with E-state index in [9.17, 15) is 0 Å². The Labute approximate surface area is 49.7 Å². The van der Waals surface area contributed by atoms with Crippen molar-refractivity contribution in [2.75, 3.05) is 17.8 Å². The van der Waals surface area contributed by atoms with Gasteiger partial charge in [0.1, 0.15) is 11.5 Å². The van der Waals surface area contributed by atoms with Gasteiger partial charge < -0.3 is 0 Å². The fourth-order valence-electron chi connectivity index (χ4n) is 0.493. The summed E-state index contributed by atoms with van der Waals surface area (Å²) in [5.41, 5.74) is 0. The van der Waals surface area contributed by atoms with E-state index in [0.717, 1.165) is 10.9 Å².